The van der Waals surface area contributed by atoms with E-state index in [4.69, 9.17) is 9.47 Å². The van der Waals surface area contributed by atoms with Crippen LogP contribution >= 0.6 is 15.9 Å². The van der Waals surface area contributed by atoms with Crippen molar-refractivity contribution in [3.8, 4) is 0 Å². The van der Waals surface area contributed by atoms with Crippen LogP contribution in [0.4, 0.5) is 0 Å². The minimum absolute atomic E-state index is 0.0607. The first-order chi connectivity index (χ1) is 8.14. The summed E-state index contributed by atoms with van der Waals surface area (Å²) in [4.78, 5) is 0. The normalized spacial score (nSPS) is 21.7. The van der Waals surface area contributed by atoms with Gasteiger partial charge in [-0.3, -0.25) is 0 Å². The van der Waals surface area contributed by atoms with Crippen LogP contribution in [0.3, 0.4) is 0 Å². The van der Waals surface area contributed by atoms with Gasteiger partial charge in [-0.25, -0.2) is 0 Å². The number of hydrogen-bond acceptors (Lipinski definition) is 2. The summed E-state index contributed by atoms with van der Waals surface area (Å²) in [6.07, 6.45) is 8.70. The van der Waals surface area contributed by atoms with Crippen LogP contribution in [-0.2, 0) is 9.47 Å². The molecule has 0 aromatic rings. The van der Waals surface area contributed by atoms with Gasteiger partial charge in [0.25, 0.3) is 0 Å². The van der Waals surface area contributed by atoms with Crippen molar-refractivity contribution in [2.24, 2.45) is 5.41 Å². The second-order valence-corrected chi connectivity index (χ2v) is 6.56. The Bertz CT molecular complexity index is 189. The summed E-state index contributed by atoms with van der Waals surface area (Å²) in [5.41, 5.74) is 0.285. The van der Waals surface area contributed by atoms with Crippen molar-refractivity contribution in [3.63, 3.8) is 0 Å². The van der Waals surface area contributed by atoms with E-state index in [9.17, 15) is 0 Å². The summed E-state index contributed by atoms with van der Waals surface area (Å²) in [6.45, 7) is 6.29. The highest BCUT2D eigenvalue weighted by Crippen LogP contribution is 2.26. The lowest BCUT2D eigenvalue weighted by molar-refractivity contribution is -0.176. The molecule has 0 saturated carbocycles. The van der Waals surface area contributed by atoms with Crippen LogP contribution in [0.5, 0.6) is 0 Å². The molecule has 1 aliphatic rings. The second kappa shape index (κ2) is 8.49. The fourth-order valence-electron chi connectivity index (χ4n) is 2.11. The van der Waals surface area contributed by atoms with Crippen molar-refractivity contribution < 1.29 is 9.47 Å². The number of alkyl halides is 1. The standard InChI is InChI=1S/C14H27BrO2/c1-14(2,9-5-3-6-10-15)12-17-13-8-4-7-11-16-13/h13H,3-12H2,1-2H3/t13-/m0/s1. The molecule has 1 atom stereocenters. The average molecular weight is 307 g/mol. The van der Waals surface area contributed by atoms with Gasteiger partial charge in [0, 0.05) is 11.9 Å². The third-order valence-electron chi connectivity index (χ3n) is 3.29. The van der Waals surface area contributed by atoms with Gasteiger partial charge in [0.2, 0.25) is 0 Å². The second-order valence-electron chi connectivity index (χ2n) is 5.77. The van der Waals surface area contributed by atoms with Crippen LogP contribution in [-0.4, -0.2) is 24.8 Å². The molecule has 1 rings (SSSR count). The molecule has 1 aliphatic heterocycles. The summed E-state index contributed by atoms with van der Waals surface area (Å²) in [5.74, 6) is 0. The molecule has 0 aromatic carbocycles. The molecule has 0 amide bonds. The Balaban J connectivity index is 2.09. The molecule has 1 heterocycles. The van der Waals surface area contributed by atoms with Crippen molar-refractivity contribution in [2.45, 2.75) is 65.1 Å². The van der Waals surface area contributed by atoms with Gasteiger partial charge in [0.15, 0.2) is 6.29 Å². The van der Waals surface area contributed by atoms with Crippen LogP contribution in [0, 0.1) is 5.41 Å². The van der Waals surface area contributed by atoms with Crippen LogP contribution in [0.2, 0.25) is 0 Å². The highest BCUT2D eigenvalue weighted by atomic mass is 79.9. The highest BCUT2D eigenvalue weighted by molar-refractivity contribution is 9.09. The highest BCUT2D eigenvalue weighted by Gasteiger charge is 2.21. The zero-order valence-electron chi connectivity index (χ0n) is 11.3. The Labute approximate surface area is 115 Å². The van der Waals surface area contributed by atoms with Gasteiger partial charge in [-0.1, -0.05) is 42.6 Å². The zero-order chi connectivity index (χ0) is 12.6. The van der Waals surface area contributed by atoms with E-state index in [1.165, 1.54) is 38.5 Å². The summed E-state index contributed by atoms with van der Waals surface area (Å²) >= 11 is 3.47. The van der Waals surface area contributed by atoms with Crippen molar-refractivity contribution in [2.75, 3.05) is 18.5 Å². The molecule has 0 radical (unpaired) electrons. The summed E-state index contributed by atoms with van der Waals surface area (Å²) in [5, 5.41) is 1.12. The first kappa shape index (κ1) is 15.5. The maximum absolute atomic E-state index is 5.87. The third-order valence-corrected chi connectivity index (χ3v) is 3.85. The Morgan fingerprint density at radius 2 is 2.06 bits per heavy atom. The predicted molar refractivity (Wildman–Crippen MR) is 75.6 cm³/mol. The molecular weight excluding hydrogens is 280 g/mol. The van der Waals surface area contributed by atoms with E-state index in [-0.39, 0.29) is 11.7 Å². The molecule has 0 N–H and O–H groups in total. The number of unbranched alkanes of at least 4 members (excludes halogenated alkanes) is 2. The van der Waals surface area contributed by atoms with E-state index in [1.54, 1.807) is 0 Å². The molecule has 0 spiro atoms. The lowest BCUT2D eigenvalue weighted by Crippen LogP contribution is -2.28. The van der Waals surface area contributed by atoms with Crippen molar-refractivity contribution in [1.29, 1.82) is 0 Å². The van der Waals surface area contributed by atoms with E-state index < -0.39 is 0 Å². The van der Waals surface area contributed by atoms with Gasteiger partial charge in [-0.2, -0.15) is 0 Å². The molecule has 0 aromatic heterocycles. The summed E-state index contributed by atoms with van der Waals surface area (Å²) in [6, 6.07) is 0. The lowest BCUT2D eigenvalue weighted by Gasteiger charge is -2.29. The van der Waals surface area contributed by atoms with E-state index in [0.717, 1.165) is 25.0 Å². The smallest absolute Gasteiger partial charge is 0.157 e. The molecule has 0 aliphatic carbocycles. The maximum atomic E-state index is 5.87. The lowest BCUT2D eigenvalue weighted by atomic mass is 9.88. The first-order valence-corrected chi connectivity index (χ1v) is 8.05. The van der Waals surface area contributed by atoms with Crippen molar-refractivity contribution >= 4 is 15.9 Å². The quantitative estimate of drug-likeness (QED) is 0.485. The van der Waals surface area contributed by atoms with Crippen molar-refractivity contribution in [3.05, 3.63) is 0 Å². The van der Waals surface area contributed by atoms with Gasteiger partial charge in [-0.15, -0.1) is 0 Å². The SMILES string of the molecule is CC(C)(CCCCCBr)CO[C@H]1CCCCO1. The topological polar surface area (TPSA) is 18.5 Å². The third kappa shape index (κ3) is 7.43. The Hall–Kier alpha value is 0.400. The number of ether oxygens (including phenoxy) is 2. The molecule has 0 bridgehead atoms. The van der Waals surface area contributed by atoms with Crippen LogP contribution in [0.15, 0.2) is 0 Å². The van der Waals surface area contributed by atoms with E-state index in [2.05, 4.69) is 29.8 Å². The molecule has 17 heavy (non-hydrogen) atoms. The molecular formula is C14H27BrO2. The predicted octanol–water partition coefficient (Wildman–Crippen LogP) is 4.51. The molecule has 102 valence electrons. The molecule has 1 saturated heterocycles. The van der Waals surface area contributed by atoms with Crippen molar-refractivity contribution in [1.82, 2.24) is 0 Å². The minimum Gasteiger partial charge on any atom is -0.353 e. The molecule has 0 unspecified atom stereocenters. The van der Waals surface area contributed by atoms with Crippen LogP contribution < -0.4 is 0 Å². The first-order valence-electron chi connectivity index (χ1n) is 6.93. The number of rotatable bonds is 8. The number of halogens is 1. The van der Waals surface area contributed by atoms with Crippen LogP contribution in [0.25, 0.3) is 0 Å². The fourth-order valence-corrected chi connectivity index (χ4v) is 2.50. The molecule has 3 heteroatoms. The average Bonchev–Trinajstić information content (AvgIpc) is 2.34. The number of hydrogen-bond donors (Lipinski definition) is 0. The largest absolute Gasteiger partial charge is 0.353 e. The molecule has 2 nitrogen and oxygen atoms in total. The summed E-state index contributed by atoms with van der Waals surface area (Å²) in [7, 11) is 0. The van der Waals surface area contributed by atoms with E-state index in [1.807, 2.05) is 0 Å². The van der Waals surface area contributed by atoms with E-state index in [0.29, 0.717) is 0 Å². The van der Waals surface area contributed by atoms with Gasteiger partial charge in [0.05, 0.1) is 6.61 Å². The minimum atomic E-state index is 0.0607. The van der Waals surface area contributed by atoms with Crippen LogP contribution in [0.1, 0.15) is 58.8 Å². The van der Waals surface area contributed by atoms with Gasteiger partial charge in [0.1, 0.15) is 0 Å². The van der Waals surface area contributed by atoms with Gasteiger partial charge >= 0.3 is 0 Å². The van der Waals surface area contributed by atoms with Gasteiger partial charge < -0.3 is 9.47 Å². The van der Waals surface area contributed by atoms with Gasteiger partial charge in [-0.05, 0) is 37.5 Å². The Morgan fingerprint density at radius 3 is 2.71 bits per heavy atom. The molecule has 1 fully saturated rings. The Morgan fingerprint density at radius 1 is 1.24 bits per heavy atom. The monoisotopic (exact) mass is 306 g/mol. The summed E-state index contributed by atoms with van der Waals surface area (Å²) < 4.78 is 11.5. The fraction of sp³-hybridized carbons (Fsp3) is 1.00. The maximum Gasteiger partial charge on any atom is 0.157 e. The van der Waals surface area contributed by atoms with E-state index >= 15 is 0 Å². The Kier molecular flexibility index (Phi) is 7.72. The zero-order valence-corrected chi connectivity index (χ0v) is 12.9.